The van der Waals surface area contributed by atoms with Crippen molar-refractivity contribution in [1.29, 1.82) is 0 Å². The number of hydrogen-bond donors (Lipinski definition) is 1. The van der Waals surface area contributed by atoms with Gasteiger partial charge in [-0.2, -0.15) is 0 Å². The number of nitrogens with zero attached hydrogens (tertiary/aromatic N) is 1. The molecular formula is C16H26N2O2. The fourth-order valence-electron chi connectivity index (χ4n) is 2.42. The van der Waals surface area contributed by atoms with Gasteiger partial charge in [0.05, 0.1) is 12.6 Å². The van der Waals surface area contributed by atoms with Gasteiger partial charge >= 0.3 is 0 Å². The van der Waals surface area contributed by atoms with E-state index in [0.717, 1.165) is 23.3 Å². The SMILES string of the molecule is CCCC(C)(N)C(=O)N(C)Cc1cc(C)ccc1OC. The van der Waals surface area contributed by atoms with Gasteiger partial charge in [0.25, 0.3) is 0 Å². The summed E-state index contributed by atoms with van der Waals surface area (Å²) >= 11 is 0. The van der Waals surface area contributed by atoms with Crippen LogP contribution in [0.25, 0.3) is 0 Å². The van der Waals surface area contributed by atoms with Gasteiger partial charge in [0.2, 0.25) is 5.91 Å². The molecule has 0 radical (unpaired) electrons. The van der Waals surface area contributed by atoms with Crippen LogP contribution in [-0.2, 0) is 11.3 Å². The first kappa shape index (κ1) is 16.5. The van der Waals surface area contributed by atoms with Crippen LogP contribution in [0.4, 0.5) is 0 Å². The van der Waals surface area contributed by atoms with E-state index in [2.05, 4.69) is 0 Å². The highest BCUT2D eigenvalue weighted by Crippen LogP contribution is 2.22. The molecule has 0 heterocycles. The summed E-state index contributed by atoms with van der Waals surface area (Å²) in [5.41, 5.74) is 7.44. The third kappa shape index (κ3) is 3.97. The Morgan fingerprint density at radius 1 is 1.45 bits per heavy atom. The van der Waals surface area contributed by atoms with Crippen molar-refractivity contribution < 1.29 is 9.53 Å². The number of ether oxygens (including phenoxy) is 1. The molecule has 112 valence electrons. The lowest BCUT2D eigenvalue weighted by atomic mass is 9.95. The van der Waals surface area contributed by atoms with Crippen molar-refractivity contribution in [2.75, 3.05) is 14.2 Å². The molecule has 1 aromatic carbocycles. The maximum atomic E-state index is 12.4. The van der Waals surface area contributed by atoms with Gasteiger partial charge in [0, 0.05) is 19.2 Å². The van der Waals surface area contributed by atoms with Gasteiger partial charge in [-0.1, -0.05) is 31.0 Å². The van der Waals surface area contributed by atoms with Crippen LogP contribution in [0.1, 0.15) is 37.8 Å². The maximum Gasteiger partial charge on any atom is 0.242 e. The van der Waals surface area contributed by atoms with Gasteiger partial charge in [0.15, 0.2) is 0 Å². The van der Waals surface area contributed by atoms with Crippen molar-refractivity contribution in [1.82, 2.24) is 4.90 Å². The fraction of sp³-hybridized carbons (Fsp3) is 0.562. The highest BCUT2D eigenvalue weighted by atomic mass is 16.5. The molecule has 0 aliphatic rings. The highest BCUT2D eigenvalue weighted by Gasteiger charge is 2.30. The van der Waals surface area contributed by atoms with Crippen LogP contribution in [-0.4, -0.2) is 30.5 Å². The summed E-state index contributed by atoms with van der Waals surface area (Å²) < 4.78 is 5.34. The maximum absolute atomic E-state index is 12.4. The lowest BCUT2D eigenvalue weighted by Crippen LogP contribution is -2.51. The molecule has 1 atom stereocenters. The smallest absolute Gasteiger partial charge is 0.242 e. The van der Waals surface area contributed by atoms with Crippen LogP contribution >= 0.6 is 0 Å². The van der Waals surface area contributed by atoms with E-state index in [9.17, 15) is 4.79 Å². The molecule has 1 rings (SSSR count). The lowest BCUT2D eigenvalue weighted by molar-refractivity contribution is -0.135. The quantitative estimate of drug-likeness (QED) is 0.869. The first-order chi connectivity index (χ1) is 9.31. The molecule has 4 heteroatoms. The zero-order valence-corrected chi connectivity index (χ0v) is 13.2. The zero-order chi connectivity index (χ0) is 15.3. The molecule has 1 unspecified atom stereocenters. The molecule has 0 saturated carbocycles. The molecule has 0 aliphatic carbocycles. The monoisotopic (exact) mass is 278 g/mol. The summed E-state index contributed by atoms with van der Waals surface area (Å²) in [6.45, 7) is 6.35. The Balaban J connectivity index is 2.88. The first-order valence-electron chi connectivity index (χ1n) is 6.99. The lowest BCUT2D eigenvalue weighted by Gasteiger charge is -2.29. The number of nitrogens with two attached hydrogens (primary N) is 1. The number of carbonyl (C=O) groups excluding carboxylic acids is 1. The normalized spacial score (nSPS) is 13.7. The minimum Gasteiger partial charge on any atom is -0.496 e. The van der Waals surface area contributed by atoms with Gasteiger partial charge in [-0.15, -0.1) is 0 Å². The molecule has 0 fully saturated rings. The molecular weight excluding hydrogens is 252 g/mol. The van der Waals surface area contributed by atoms with Gasteiger partial charge in [-0.25, -0.2) is 0 Å². The number of aryl methyl sites for hydroxylation is 1. The topological polar surface area (TPSA) is 55.6 Å². The number of benzene rings is 1. The molecule has 2 N–H and O–H groups in total. The second-order valence-corrected chi connectivity index (χ2v) is 5.64. The minimum atomic E-state index is -0.805. The van der Waals surface area contributed by atoms with Crippen molar-refractivity contribution in [3.8, 4) is 5.75 Å². The van der Waals surface area contributed by atoms with Gasteiger partial charge < -0.3 is 15.4 Å². The van der Waals surface area contributed by atoms with Crippen LogP contribution in [0.5, 0.6) is 5.75 Å². The summed E-state index contributed by atoms with van der Waals surface area (Å²) in [5, 5.41) is 0. The number of carbonyl (C=O) groups is 1. The Morgan fingerprint density at radius 2 is 2.10 bits per heavy atom. The van der Waals surface area contributed by atoms with Crippen molar-refractivity contribution >= 4 is 5.91 Å². The van der Waals surface area contributed by atoms with Gasteiger partial charge in [-0.05, 0) is 26.3 Å². The second-order valence-electron chi connectivity index (χ2n) is 5.64. The Bertz CT molecular complexity index is 470. The first-order valence-corrected chi connectivity index (χ1v) is 6.99. The van der Waals surface area contributed by atoms with Crippen LogP contribution in [0.3, 0.4) is 0 Å². The molecule has 20 heavy (non-hydrogen) atoms. The second kappa shape index (κ2) is 6.75. The van der Waals surface area contributed by atoms with Gasteiger partial charge in [-0.3, -0.25) is 4.79 Å². The number of likely N-dealkylation sites (N-methyl/N-ethyl adjacent to an activating group) is 1. The molecule has 0 saturated heterocycles. The summed E-state index contributed by atoms with van der Waals surface area (Å²) in [4.78, 5) is 14.1. The molecule has 0 bridgehead atoms. The van der Waals surface area contributed by atoms with E-state index >= 15 is 0 Å². The largest absolute Gasteiger partial charge is 0.496 e. The Morgan fingerprint density at radius 3 is 2.65 bits per heavy atom. The van der Waals surface area contributed by atoms with E-state index in [4.69, 9.17) is 10.5 Å². The van der Waals surface area contributed by atoms with Crippen molar-refractivity contribution in [3.63, 3.8) is 0 Å². The van der Waals surface area contributed by atoms with E-state index in [1.807, 2.05) is 32.0 Å². The van der Waals surface area contributed by atoms with E-state index in [1.54, 1.807) is 26.0 Å². The highest BCUT2D eigenvalue weighted by molar-refractivity contribution is 5.85. The molecule has 1 aromatic rings. The predicted molar refractivity (Wildman–Crippen MR) is 81.7 cm³/mol. The van der Waals surface area contributed by atoms with Crippen LogP contribution in [0.15, 0.2) is 18.2 Å². The number of rotatable bonds is 6. The Kier molecular flexibility index (Phi) is 5.57. The summed E-state index contributed by atoms with van der Waals surface area (Å²) in [5.74, 6) is 0.757. The molecule has 0 aromatic heterocycles. The van der Waals surface area contributed by atoms with Crippen molar-refractivity contribution in [3.05, 3.63) is 29.3 Å². The Labute approximate surface area is 121 Å². The minimum absolute atomic E-state index is 0.0390. The average Bonchev–Trinajstić information content (AvgIpc) is 2.38. The molecule has 0 spiro atoms. The number of amides is 1. The van der Waals surface area contributed by atoms with Crippen LogP contribution < -0.4 is 10.5 Å². The standard InChI is InChI=1S/C16H26N2O2/c1-6-9-16(3,17)15(19)18(4)11-13-10-12(2)7-8-14(13)20-5/h7-8,10H,6,9,11,17H2,1-5H3. The van der Waals surface area contributed by atoms with Crippen LogP contribution in [0.2, 0.25) is 0 Å². The summed E-state index contributed by atoms with van der Waals surface area (Å²) in [6, 6.07) is 5.96. The third-order valence-corrected chi connectivity index (χ3v) is 3.45. The molecule has 1 amide bonds. The molecule has 4 nitrogen and oxygen atoms in total. The van der Waals surface area contributed by atoms with Gasteiger partial charge in [0.1, 0.15) is 5.75 Å². The predicted octanol–water partition coefficient (Wildman–Crippen LogP) is 2.48. The third-order valence-electron chi connectivity index (χ3n) is 3.45. The van der Waals surface area contributed by atoms with Crippen molar-refractivity contribution in [2.45, 2.75) is 45.7 Å². The Hall–Kier alpha value is -1.55. The van der Waals surface area contributed by atoms with E-state index in [0.29, 0.717) is 13.0 Å². The number of methoxy groups -OCH3 is 1. The summed E-state index contributed by atoms with van der Waals surface area (Å²) in [7, 11) is 3.42. The van der Waals surface area contributed by atoms with E-state index in [-0.39, 0.29) is 5.91 Å². The fourth-order valence-corrected chi connectivity index (χ4v) is 2.42. The van der Waals surface area contributed by atoms with E-state index in [1.165, 1.54) is 0 Å². The molecule has 0 aliphatic heterocycles. The number of hydrogen-bond acceptors (Lipinski definition) is 3. The zero-order valence-electron chi connectivity index (χ0n) is 13.2. The van der Waals surface area contributed by atoms with E-state index < -0.39 is 5.54 Å². The summed E-state index contributed by atoms with van der Waals surface area (Å²) in [6.07, 6.45) is 1.57. The van der Waals surface area contributed by atoms with Crippen molar-refractivity contribution in [2.24, 2.45) is 5.73 Å². The van der Waals surface area contributed by atoms with Crippen LogP contribution in [0, 0.1) is 6.92 Å². The average molecular weight is 278 g/mol.